The van der Waals surface area contributed by atoms with Crippen molar-refractivity contribution in [1.82, 2.24) is 5.32 Å². The first kappa shape index (κ1) is 17.6. The number of benzene rings is 2. The molecule has 4 nitrogen and oxygen atoms in total. The summed E-state index contributed by atoms with van der Waals surface area (Å²) in [6.07, 6.45) is 0. The lowest BCUT2D eigenvalue weighted by Gasteiger charge is -2.14. The molecule has 1 heterocycles. The van der Waals surface area contributed by atoms with Crippen LogP contribution in [0.3, 0.4) is 0 Å². The maximum absolute atomic E-state index is 12.7. The number of carbonyl (C=O) groups excluding carboxylic acids is 1. The highest BCUT2D eigenvalue weighted by molar-refractivity contribution is 7.21. The Morgan fingerprint density at radius 1 is 1.12 bits per heavy atom. The van der Waals surface area contributed by atoms with Crippen molar-refractivity contribution < 1.29 is 14.3 Å². The second-order valence-corrected chi connectivity index (χ2v) is 7.06. The minimum Gasteiger partial charge on any atom is -0.497 e. The maximum Gasteiger partial charge on any atom is 0.265 e. The van der Waals surface area contributed by atoms with Gasteiger partial charge in [0.15, 0.2) is 0 Å². The van der Waals surface area contributed by atoms with Crippen LogP contribution in [0.2, 0.25) is 5.02 Å². The van der Waals surface area contributed by atoms with Crippen LogP contribution in [-0.2, 0) is 0 Å². The zero-order chi connectivity index (χ0) is 18.0. The summed E-state index contributed by atoms with van der Waals surface area (Å²) < 4.78 is 11.5. The molecule has 0 radical (unpaired) electrons. The Kier molecular flexibility index (Phi) is 5.16. The molecular weight excluding hydrogens is 358 g/mol. The number of hydrogen-bond acceptors (Lipinski definition) is 4. The van der Waals surface area contributed by atoms with Crippen molar-refractivity contribution in [3.05, 3.63) is 57.9 Å². The van der Waals surface area contributed by atoms with Gasteiger partial charge in [-0.2, -0.15) is 0 Å². The monoisotopic (exact) mass is 375 g/mol. The van der Waals surface area contributed by atoms with Crippen LogP contribution >= 0.6 is 22.9 Å². The van der Waals surface area contributed by atoms with E-state index >= 15 is 0 Å². The van der Waals surface area contributed by atoms with Crippen LogP contribution in [0.1, 0.15) is 28.2 Å². The number of nitrogens with one attached hydrogen (secondary N) is 1. The van der Waals surface area contributed by atoms with E-state index in [1.807, 2.05) is 43.3 Å². The maximum atomic E-state index is 12.7. The van der Waals surface area contributed by atoms with Gasteiger partial charge in [0.1, 0.15) is 16.4 Å². The second-order valence-electron chi connectivity index (χ2n) is 5.57. The van der Waals surface area contributed by atoms with Gasteiger partial charge >= 0.3 is 0 Å². The van der Waals surface area contributed by atoms with E-state index in [4.69, 9.17) is 21.1 Å². The van der Waals surface area contributed by atoms with Gasteiger partial charge in [0.2, 0.25) is 0 Å². The molecular formula is C19H18ClNO3S. The third-order valence-electron chi connectivity index (χ3n) is 3.98. The molecule has 0 saturated heterocycles. The SMILES string of the molecule is COc1ccc(C(C)NC(=O)c2sc3cc(Cl)ccc3c2OC)cc1. The number of methoxy groups -OCH3 is 2. The Morgan fingerprint density at radius 3 is 2.48 bits per heavy atom. The van der Waals surface area contributed by atoms with Crippen molar-refractivity contribution in [2.24, 2.45) is 0 Å². The van der Waals surface area contributed by atoms with E-state index in [9.17, 15) is 4.79 Å². The van der Waals surface area contributed by atoms with E-state index in [1.54, 1.807) is 20.3 Å². The summed E-state index contributed by atoms with van der Waals surface area (Å²) in [7, 11) is 3.19. The van der Waals surface area contributed by atoms with Crippen molar-refractivity contribution in [3.8, 4) is 11.5 Å². The summed E-state index contributed by atoms with van der Waals surface area (Å²) in [5, 5.41) is 4.54. The molecule has 0 spiro atoms. The Hall–Kier alpha value is -2.24. The fourth-order valence-electron chi connectivity index (χ4n) is 2.64. The largest absolute Gasteiger partial charge is 0.497 e. The normalized spacial score (nSPS) is 12.0. The quantitative estimate of drug-likeness (QED) is 0.677. The highest BCUT2D eigenvalue weighted by Gasteiger charge is 2.21. The number of carbonyl (C=O) groups is 1. The minimum atomic E-state index is -0.169. The molecule has 0 aliphatic rings. The molecule has 1 atom stereocenters. The Bertz CT molecular complexity index is 905. The van der Waals surface area contributed by atoms with E-state index in [-0.39, 0.29) is 11.9 Å². The van der Waals surface area contributed by atoms with Gasteiger partial charge in [-0.15, -0.1) is 11.3 Å². The van der Waals surface area contributed by atoms with Crippen LogP contribution in [0.5, 0.6) is 11.5 Å². The molecule has 25 heavy (non-hydrogen) atoms. The minimum absolute atomic E-state index is 0.142. The molecule has 130 valence electrons. The summed E-state index contributed by atoms with van der Waals surface area (Å²) in [6, 6.07) is 13.0. The molecule has 0 aliphatic heterocycles. The lowest BCUT2D eigenvalue weighted by Crippen LogP contribution is -2.26. The van der Waals surface area contributed by atoms with Crippen LogP contribution in [0.4, 0.5) is 0 Å². The third kappa shape index (κ3) is 3.57. The van der Waals surface area contributed by atoms with Crippen molar-refractivity contribution in [1.29, 1.82) is 0 Å². The molecule has 3 rings (SSSR count). The third-order valence-corrected chi connectivity index (χ3v) is 5.35. The first-order chi connectivity index (χ1) is 12.0. The van der Waals surface area contributed by atoms with Crippen molar-refractivity contribution >= 4 is 38.9 Å². The van der Waals surface area contributed by atoms with E-state index < -0.39 is 0 Å². The highest BCUT2D eigenvalue weighted by Crippen LogP contribution is 2.39. The fourth-order valence-corrected chi connectivity index (χ4v) is 3.99. The molecule has 6 heteroatoms. The van der Waals surface area contributed by atoms with Crippen LogP contribution in [-0.4, -0.2) is 20.1 Å². The molecule has 3 aromatic rings. The number of hydrogen-bond donors (Lipinski definition) is 1. The van der Waals surface area contributed by atoms with E-state index in [1.165, 1.54) is 11.3 Å². The molecule has 1 N–H and O–H groups in total. The number of amides is 1. The zero-order valence-electron chi connectivity index (χ0n) is 14.1. The summed E-state index contributed by atoms with van der Waals surface area (Å²) >= 11 is 7.42. The molecule has 0 saturated carbocycles. The lowest BCUT2D eigenvalue weighted by molar-refractivity contribution is 0.0941. The number of thiophene rings is 1. The smallest absolute Gasteiger partial charge is 0.265 e. The van der Waals surface area contributed by atoms with Crippen molar-refractivity contribution in [2.45, 2.75) is 13.0 Å². The molecule has 1 aromatic heterocycles. The van der Waals surface area contributed by atoms with E-state index in [0.717, 1.165) is 21.4 Å². The molecule has 0 bridgehead atoms. The molecule has 1 amide bonds. The van der Waals surface area contributed by atoms with Gasteiger partial charge in [-0.3, -0.25) is 4.79 Å². The first-order valence-corrected chi connectivity index (χ1v) is 8.93. The van der Waals surface area contributed by atoms with E-state index in [2.05, 4.69) is 5.32 Å². The van der Waals surface area contributed by atoms with Crippen molar-refractivity contribution in [3.63, 3.8) is 0 Å². The van der Waals surface area contributed by atoms with Crippen LogP contribution < -0.4 is 14.8 Å². The average molecular weight is 376 g/mol. The van der Waals surface area contributed by atoms with Gasteiger partial charge in [-0.25, -0.2) is 0 Å². The second kappa shape index (κ2) is 7.33. The van der Waals surface area contributed by atoms with Crippen molar-refractivity contribution in [2.75, 3.05) is 14.2 Å². The van der Waals surface area contributed by atoms with Gasteiger partial charge in [0, 0.05) is 15.1 Å². The molecule has 0 fully saturated rings. The van der Waals surface area contributed by atoms with Crippen LogP contribution in [0.15, 0.2) is 42.5 Å². The fraction of sp³-hybridized carbons (Fsp3) is 0.211. The first-order valence-electron chi connectivity index (χ1n) is 7.74. The summed E-state index contributed by atoms with van der Waals surface area (Å²) in [5.41, 5.74) is 0.997. The Balaban J connectivity index is 1.86. The molecule has 2 aromatic carbocycles. The van der Waals surface area contributed by atoms with E-state index in [0.29, 0.717) is 15.6 Å². The number of fused-ring (bicyclic) bond motifs is 1. The Morgan fingerprint density at radius 2 is 1.84 bits per heavy atom. The van der Waals surface area contributed by atoms with Gasteiger partial charge in [-0.05, 0) is 42.8 Å². The summed E-state index contributed by atoms with van der Waals surface area (Å²) in [4.78, 5) is 13.3. The predicted octanol–water partition coefficient (Wildman–Crippen LogP) is 5.06. The standard InChI is InChI=1S/C19H18ClNO3S/c1-11(12-4-7-14(23-2)8-5-12)21-19(22)18-17(24-3)15-9-6-13(20)10-16(15)25-18/h4-11H,1-3H3,(H,21,22). The molecule has 0 aliphatic carbocycles. The summed E-state index contributed by atoms with van der Waals surface area (Å²) in [6.45, 7) is 1.94. The number of halogens is 1. The highest BCUT2D eigenvalue weighted by atomic mass is 35.5. The summed E-state index contributed by atoms with van der Waals surface area (Å²) in [5.74, 6) is 1.19. The zero-order valence-corrected chi connectivity index (χ0v) is 15.7. The van der Waals surface area contributed by atoms with Gasteiger partial charge in [-0.1, -0.05) is 23.7 Å². The van der Waals surface area contributed by atoms with Crippen LogP contribution in [0, 0.1) is 0 Å². The van der Waals surface area contributed by atoms with Gasteiger partial charge in [0.25, 0.3) is 5.91 Å². The van der Waals surface area contributed by atoms with Gasteiger partial charge < -0.3 is 14.8 Å². The average Bonchev–Trinajstić information content (AvgIpc) is 2.99. The number of ether oxygens (including phenoxy) is 2. The Labute approximate surface area is 155 Å². The topological polar surface area (TPSA) is 47.6 Å². The lowest BCUT2D eigenvalue weighted by atomic mass is 10.1. The predicted molar refractivity (Wildman–Crippen MR) is 102 cm³/mol. The molecule has 1 unspecified atom stereocenters. The van der Waals surface area contributed by atoms with Crippen LogP contribution in [0.25, 0.3) is 10.1 Å². The number of rotatable bonds is 5. The van der Waals surface area contributed by atoms with Gasteiger partial charge in [0.05, 0.1) is 20.3 Å².